The molecule has 0 amide bonds. The van der Waals surface area contributed by atoms with Crippen molar-refractivity contribution in [1.29, 1.82) is 0 Å². The van der Waals surface area contributed by atoms with Gasteiger partial charge in [0.1, 0.15) is 0 Å². The molecule has 0 radical (unpaired) electrons. The fourth-order valence-corrected chi connectivity index (χ4v) is 2.41. The average Bonchev–Trinajstić information content (AvgIpc) is 3.14. The zero-order chi connectivity index (χ0) is 14.7. The molecule has 2 N–H and O–H groups in total. The lowest BCUT2D eigenvalue weighted by Crippen LogP contribution is -2.18. The number of imidazole rings is 1. The van der Waals surface area contributed by atoms with Crippen LogP contribution in [0.1, 0.15) is 22.9 Å². The van der Waals surface area contributed by atoms with Crippen molar-refractivity contribution in [3.05, 3.63) is 72.1 Å². The molecule has 1 unspecified atom stereocenters. The molecule has 0 bridgehead atoms. The molecule has 2 heterocycles. The smallest absolute Gasteiger partial charge is 0.0949 e. The van der Waals surface area contributed by atoms with Crippen LogP contribution < -0.4 is 5.73 Å². The van der Waals surface area contributed by atoms with E-state index >= 15 is 0 Å². The molecule has 0 spiro atoms. The van der Waals surface area contributed by atoms with Crippen molar-refractivity contribution in [3.63, 3.8) is 0 Å². The van der Waals surface area contributed by atoms with Gasteiger partial charge in [0, 0.05) is 12.7 Å². The summed E-state index contributed by atoms with van der Waals surface area (Å²) in [6.07, 6.45) is 7.57. The van der Waals surface area contributed by atoms with Gasteiger partial charge < -0.3 is 10.3 Å². The third kappa shape index (κ3) is 3.03. The number of aryl methyl sites for hydroxylation is 3. The zero-order valence-electron chi connectivity index (χ0n) is 12.1. The van der Waals surface area contributed by atoms with Crippen molar-refractivity contribution < 1.29 is 0 Å². The fourth-order valence-electron chi connectivity index (χ4n) is 2.41. The van der Waals surface area contributed by atoms with Crippen molar-refractivity contribution in [2.75, 3.05) is 0 Å². The first-order chi connectivity index (χ1) is 10.2. The van der Waals surface area contributed by atoms with Gasteiger partial charge in [-0.05, 0) is 18.1 Å². The second-order valence-corrected chi connectivity index (χ2v) is 5.18. The quantitative estimate of drug-likeness (QED) is 0.779. The predicted octanol–water partition coefficient (Wildman–Crippen LogP) is 2.14. The van der Waals surface area contributed by atoms with Gasteiger partial charge in [0.2, 0.25) is 0 Å². The van der Waals surface area contributed by atoms with Crippen LogP contribution in [0, 0.1) is 6.92 Å². The maximum atomic E-state index is 6.35. The Balaban J connectivity index is 1.74. The van der Waals surface area contributed by atoms with Crippen LogP contribution in [0.3, 0.4) is 0 Å². The fraction of sp³-hybridized carbons (Fsp3) is 0.250. The summed E-state index contributed by atoms with van der Waals surface area (Å²) in [6.45, 7) is 3.65. The molecular formula is C16H19N5. The summed E-state index contributed by atoms with van der Waals surface area (Å²) in [7, 11) is 0. The maximum Gasteiger partial charge on any atom is 0.0949 e. The summed E-state index contributed by atoms with van der Waals surface area (Å²) in [5, 5.41) is 4.30. The first-order valence-electron chi connectivity index (χ1n) is 7.03. The van der Waals surface area contributed by atoms with Gasteiger partial charge in [-0.15, -0.1) is 0 Å². The first kappa shape index (κ1) is 13.6. The van der Waals surface area contributed by atoms with E-state index in [-0.39, 0.29) is 6.04 Å². The van der Waals surface area contributed by atoms with E-state index < -0.39 is 0 Å². The van der Waals surface area contributed by atoms with E-state index in [4.69, 9.17) is 5.73 Å². The minimum Gasteiger partial charge on any atom is -0.331 e. The highest BCUT2D eigenvalue weighted by Crippen LogP contribution is 2.18. The van der Waals surface area contributed by atoms with Crippen LogP contribution >= 0.6 is 0 Å². The number of nitrogens with zero attached hydrogens (tertiary/aromatic N) is 4. The Hall–Kier alpha value is -2.40. The van der Waals surface area contributed by atoms with Crippen molar-refractivity contribution in [3.8, 4) is 0 Å². The number of hydrogen-bond acceptors (Lipinski definition) is 3. The molecule has 5 nitrogen and oxygen atoms in total. The standard InChI is InChI=1S/C16H19N5/c1-13-9-19-21(11-13)8-7-20-12-18-10-15(20)16(17)14-5-3-2-4-6-14/h2-6,9-12,16H,7-8,17H2,1H3. The molecule has 0 saturated carbocycles. The van der Waals surface area contributed by atoms with Gasteiger partial charge in [0.15, 0.2) is 0 Å². The summed E-state index contributed by atoms with van der Waals surface area (Å²) in [5.41, 5.74) is 9.63. The largest absolute Gasteiger partial charge is 0.331 e. The molecule has 21 heavy (non-hydrogen) atoms. The lowest BCUT2D eigenvalue weighted by Gasteiger charge is -2.15. The van der Waals surface area contributed by atoms with Crippen molar-refractivity contribution in [1.82, 2.24) is 19.3 Å². The van der Waals surface area contributed by atoms with Crippen molar-refractivity contribution >= 4 is 0 Å². The molecule has 0 aliphatic carbocycles. The van der Waals surface area contributed by atoms with Gasteiger partial charge in [-0.1, -0.05) is 30.3 Å². The van der Waals surface area contributed by atoms with Gasteiger partial charge in [0.25, 0.3) is 0 Å². The van der Waals surface area contributed by atoms with Crippen molar-refractivity contribution in [2.45, 2.75) is 26.1 Å². The Labute approximate surface area is 124 Å². The van der Waals surface area contributed by atoms with E-state index in [2.05, 4.69) is 14.6 Å². The summed E-state index contributed by atoms with van der Waals surface area (Å²) in [4.78, 5) is 4.24. The third-order valence-corrected chi connectivity index (χ3v) is 3.55. The van der Waals surface area contributed by atoms with Crippen LogP contribution in [0.25, 0.3) is 0 Å². The molecule has 1 aromatic carbocycles. The molecule has 3 aromatic rings. The maximum absolute atomic E-state index is 6.35. The molecule has 1 atom stereocenters. The molecule has 0 aliphatic rings. The Bertz CT molecular complexity index is 698. The normalized spacial score (nSPS) is 12.5. The summed E-state index contributed by atoms with van der Waals surface area (Å²) in [6, 6.07) is 9.92. The molecule has 3 rings (SSSR count). The summed E-state index contributed by atoms with van der Waals surface area (Å²) < 4.78 is 4.03. The van der Waals surface area contributed by atoms with E-state index in [1.54, 1.807) is 0 Å². The molecule has 0 fully saturated rings. The molecule has 5 heteroatoms. The van der Waals surface area contributed by atoms with E-state index in [9.17, 15) is 0 Å². The first-order valence-corrected chi connectivity index (χ1v) is 7.03. The van der Waals surface area contributed by atoms with Gasteiger partial charge >= 0.3 is 0 Å². The minimum atomic E-state index is -0.159. The van der Waals surface area contributed by atoms with Crippen LogP contribution in [0.5, 0.6) is 0 Å². The van der Waals surface area contributed by atoms with Crippen LogP contribution in [-0.4, -0.2) is 19.3 Å². The highest BCUT2D eigenvalue weighted by Gasteiger charge is 2.13. The Morgan fingerprint density at radius 1 is 1.14 bits per heavy atom. The third-order valence-electron chi connectivity index (χ3n) is 3.55. The van der Waals surface area contributed by atoms with Gasteiger partial charge in [-0.25, -0.2) is 4.98 Å². The predicted molar refractivity (Wildman–Crippen MR) is 81.7 cm³/mol. The lowest BCUT2D eigenvalue weighted by atomic mass is 10.1. The topological polar surface area (TPSA) is 61.7 Å². The molecule has 108 valence electrons. The van der Waals surface area contributed by atoms with Gasteiger partial charge in [-0.3, -0.25) is 4.68 Å². The second-order valence-electron chi connectivity index (χ2n) is 5.18. The van der Waals surface area contributed by atoms with E-state index in [0.717, 1.165) is 24.3 Å². The minimum absolute atomic E-state index is 0.159. The SMILES string of the molecule is Cc1cnn(CCn2cncc2C(N)c2ccccc2)c1. The van der Waals surface area contributed by atoms with Crippen LogP contribution in [0.15, 0.2) is 55.2 Å². The summed E-state index contributed by atoms with van der Waals surface area (Å²) in [5.74, 6) is 0. The lowest BCUT2D eigenvalue weighted by molar-refractivity contribution is 0.516. The van der Waals surface area contributed by atoms with Crippen LogP contribution in [0.2, 0.25) is 0 Å². The van der Waals surface area contributed by atoms with E-state index in [1.807, 2.05) is 66.9 Å². The van der Waals surface area contributed by atoms with Gasteiger partial charge in [0.05, 0.1) is 37.0 Å². The number of hydrogen-bond donors (Lipinski definition) is 1. The number of benzene rings is 1. The molecule has 0 aliphatic heterocycles. The van der Waals surface area contributed by atoms with E-state index in [0.29, 0.717) is 0 Å². The summed E-state index contributed by atoms with van der Waals surface area (Å²) >= 11 is 0. The molecule has 2 aromatic heterocycles. The van der Waals surface area contributed by atoms with Crippen LogP contribution in [-0.2, 0) is 13.1 Å². The number of rotatable bonds is 5. The van der Waals surface area contributed by atoms with Crippen molar-refractivity contribution in [2.24, 2.45) is 5.73 Å². The zero-order valence-corrected chi connectivity index (χ0v) is 12.1. The Kier molecular flexibility index (Phi) is 3.83. The Morgan fingerprint density at radius 2 is 1.95 bits per heavy atom. The highest BCUT2D eigenvalue weighted by molar-refractivity contribution is 5.26. The average molecular weight is 281 g/mol. The van der Waals surface area contributed by atoms with Gasteiger partial charge in [-0.2, -0.15) is 5.10 Å². The second kappa shape index (κ2) is 5.93. The highest BCUT2D eigenvalue weighted by atomic mass is 15.3. The molecule has 0 saturated heterocycles. The van der Waals surface area contributed by atoms with Crippen LogP contribution in [0.4, 0.5) is 0 Å². The number of nitrogens with two attached hydrogens (primary N) is 1. The number of aromatic nitrogens is 4. The van der Waals surface area contributed by atoms with E-state index in [1.165, 1.54) is 5.56 Å². The Morgan fingerprint density at radius 3 is 2.67 bits per heavy atom. The molecular weight excluding hydrogens is 262 g/mol. The monoisotopic (exact) mass is 281 g/mol.